The molecule has 0 amide bonds. The molecule has 2 aromatic carbocycles. The first kappa shape index (κ1) is 12.2. The lowest BCUT2D eigenvalue weighted by Crippen LogP contribution is -2.21. The third kappa shape index (κ3) is 2.88. The van der Waals surface area contributed by atoms with Crippen molar-refractivity contribution in [3.05, 3.63) is 59.7 Å². The van der Waals surface area contributed by atoms with Gasteiger partial charge in [0.2, 0.25) is 0 Å². The molecule has 0 radical (unpaired) electrons. The van der Waals surface area contributed by atoms with E-state index in [-0.39, 0.29) is 0 Å². The van der Waals surface area contributed by atoms with Gasteiger partial charge >= 0.3 is 0 Å². The number of para-hydroxylation sites is 1. The molecule has 2 rings (SSSR count). The van der Waals surface area contributed by atoms with Crippen molar-refractivity contribution in [2.75, 3.05) is 5.32 Å². The predicted octanol–water partition coefficient (Wildman–Crippen LogP) is 3.36. The Morgan fingerprint density at radius 1 is 1.00 bits per heavy atom. The molecular weight excluding hydrogens is 222 g/mol. The molecule has 0 aliphatic rings. The molecule has 0 aromatic heterocycles. The number of nitrogens with one attached hydrogen (secondary N) is 1. The molecule has 18 heavy (non-hydrogen) atoms. The van der Waals surface area contributed by atoms with E-state index < -0.39 is 0 Å². The standard InChI is InChI=1S/C15H17N3/c1-11-7-6-10-14(12(11)2)18-15(16)17-13-8-4-3-5-9-13/h3-10H,1-2H3,(H3,16,17,18). The van der Waals surface area contributed by atoms with E-state index in [0.29, 0.717) is 5.96 Å². The minimum Gasteiger partial charge on any atom is -0.369 e. The van der Waals surface area contributed by atoms with Crippen LogP contribution in [0.15, 0.2) is 53.5 Å². The van der Waals surface area contributed by atoms with Gasteiger partial charge in [0.05, 0.1) is 5.69 Å². The van der Waals surface area contributed by atoms with Crippen LogP contribution in [0, 0.1) is 13.8 Å². The topological polar surface area (TPSA) is 50.4 Å². The minimum atomic E-state index is 0.398. The molecule has 3 nitrogen and oxygen atoms in total. The van der Waals surface area contributed by atoms with Crippen molar-refractivity contribution in [2.24, 2.45) is 10.7 Å². The highest BCUT2D eigenvalue weighted by Crippen LogP contribution is 2.21. The van der Waals surface area contributed by atoms with Crippen LogP contribution in [0.25, 0.3) is 0 Å². The lowest BCUT2D eigenvalue weighted by molar-refractivity contribution is 1.30. The van der Waals surface area contributed by atoms with E-state index in [0.717, 1.165) is 16.9 Å². The molecule has 0 aliphatic carbocycles. The predicted molar refractivity (Wildman–Crippen MR) is 77.3 cm³/mol. The zero-order chi connectivity index (χ0) is 13.0. The van der Waals surface area contributed by atoms with Crippen LogP contribution in [0.2, 0.25) is 0 Å². The fourth-order valence-corrected chi connectivity index (χ4v) is 1.68. The summed E-state index contributed by atoms with van der Waals surface area (Å²) >= 11 is 0. The molecule has 92 valence electrons. The van der Waals surface area contributed by atoms with Crippen molar-refractivity contribution in [1.29, 1.82) is 0 Å². The molecule has 0 unspecified atom stereocenters. The molecule has 2 aromatic rings. The van der Waals surface area contributed by atoms with Gasteiger partial charge in [-0.25, -0.2) is 4.99 Å². The van der Waals surface area contributed by atoms with Crippen LogP contribution in [-0.4, -0.2) is 5.96 Å². The van der Waals surface area contributed by atoms with Gasteiger partial charge in [0, 0.05) is 5.69 Å². The third-order valence-electron chi connectivity index (χ3n) is 2.86. The first-order valence-electron chi connectivity index (χ1n) is 5.89. The number of aliphatic imine (C=N–C) groups is 1. The maximum atomic E-state index is 5.90. The second-order valence-electron chi connectivity index (χ2n) is 4.21. The molecule has 0 bridgehead atoms. The Bertz CT molecular complexity index is 559. The molecular formula is C15H17N3. The monoisotopic (exact) mass is 239 g/mol. The van der Waals surface area contributed by atoms with Crippen LogP contribution >= 0.6 is 0 Å². The van der Waals surface area contributed by atoms with E-state index >= 15 is 0 Å². The minimum absolute atomic E-state index is 0.398. The number of hydrogen-bond acceptors (Lipinski definition) is 1. The van der Waals surface area contributed by atoms with E-state index in [9.17, 15) is 0 Å². The van der Waals surface area contributed by atoms with E-state index in [4.69, 9.17) is 5.73 Å². The highest BCUT2D eigenvalue weighted by Gasteiger charge is 2.00. The van der Waals surface area contributed by atoms with Crippen molar-refractivity contribution < 1.29 is 0 Å². The van der Waals surface area contributed by atoms with Gasteiger partial charge in [0.15, 0.2) is 5.96 Å². The van der Waals surface area contributed by atoms with Crippen molar-refractivity contribution in [1.82, 2.24) is 0 Å². The Morgan fingerprint density at radius 3 is 2.44 bits per heavy atom. The van der Waals surface area contributed by atoms with Gasteiger partial charge in [-0.3, -0.25) is 0 Å². The van der Waals surface area contributed by atoms with E-state index in [1.54, 1.807) is 0 Å². The quantitative estimate of drug-likeness (QED) is 0.623. The van der Waals surface area contributed by atoms with Gasteiger partial charge in [-0.1, -0.05) is 30.3 Å². The Morgan fingerprint density at radius 2 is 1.72 bits per heavy atom. The van der Waals surface area contributed by atoms with Crippen LogP contribution < -0.4 is 11.1 Å². The number of guanidine groups is 1. The van der Waals surface area contributed by atoms with Gasteiger partial charge in [0.25, 0.3) is 0 Å². The molecule has 0 saturated heterocycles. The maximum absolute atomic E-state index is 5.90. The Hall–Kier alpha value is -2.29. The first-order chi connectivity index (χ1) is 8.66. The van der Waals surface area contributed by atoms with Gasteiger partial charge in [-0.05, 0) is 43.2 Å². The maximum Gasteiger partial charge on any atom is 0.198 e. The fraction of sp³-hybridized carbons (Fsp3) is 0.133. The first-order valence-corrected chi connectivity index (χ1v) is 5.89. The number of nitrogens with two attached hydrogens (primary N) is 1. The third-order valence-corrected chi connectivity index (χ3v) is 2.86. The lowest BCUT2D eigenvalue weighted by atomic mass is 10.1. The molecule has 0 saturated carbocycles. The molecule has 3 heteroatoms. The van der Waals surface area contributed by atoms with Crippen LogP contribution in [0.4, 0.5) is 11.4 Å². The van der Waals surface area contributed by atoms with Crippen LogP contribution in [0.1, 0.15) is 11.1 Å². The Balaban J connectivity index is 2.20. The molecule has 0 atom stereocenters. The average molecular weight is 239 g/mol. The van der Waals surface area contributed by atoms with Gasteiger partial charge < -0.3 is 11.1 Å². The number of rotatable bonds is 2. The average Bonchev–Trinajstić information content (AvgIpc) is 2.36. The van der Waals surface area contributed by atoms with Crippen LogP contribution in [0.5, 0.6) is 0 Å². The fourth-order valence-electron chi connectivity index (χ4n) is 1.68. The molecule has 0 aliphatic heterocycles. The summed E-state index contributed by atoms with van der Waals surface area (Å²) in [5.74, 6) is 0.398. The highest BCUT2D eigenvalue weighted by molar-refractivity contribution is 5.94. The van der Waals surface area contributed by atoms with Crippen molar-refractivity contribution >= 4 is 17.3 Å². The summed E-state index contributed by atoms with van der Waals surface area (Å²) in [6.45, 7) is 4.11. The number of anilines is 1. The Kier molecular flexibility index (Phi) is 3.63. The number of hydrogen-bond donors (Lipinski definition) is 2. The highest BCUT2D eigenvalue weighted by atomic mass is 15.1. The van der Waals surface area contributed by atoms with E-state index in [2.05, 4.69) is 23.3 Å². The summed E-state index contributed by atoms with van der Waals surface area (Å²) in [4.78, 5) is 4.40. The Labute approximate surface area is 107 Å². The molecule has 3 N–H and O–H groups in total. The van der Waals surface area contributed by atoms with Crippen LogP contribution in [0.3, 0.4) is 0 Å². The summed E-state index contributed by atoms with van der Waals surface area (Å²) < 4.78 is 0. The zero-order valence-corrected chi connectivity index (χ0v) is 10.6. The second-order valence-corrected chi connectivity index (χ2v) is 4.21. The lowest BCUT2D eigenvalue weighted by Gasteiger charge is -2.07. The summed E-state index contributed by atoms with van der Waals surface area (Å²) in [5.41, 5.74) is 10.1. The van der Waals surface area contributed by atoms with Crippen molar-refractivity contribution in [3.8, 4) is 0 Å². The zero-order valence-electron chi connectivity index (χ0n) is 10.6. The molecule has 0 fully saturated rings. The summed E-state index contributed by atoms with van der Waals surface area (Å²) in [6, 6.07) is 15.8. The van der Waals surface area contributed by atoms with E-state index in [1.807, 2.05) is 49.4 Å². The number of aryl methyl sites for hydroxylation is 1. The second kappa shape index (κ2) is 5.36. The summed E-state index contributed by atoms with van der Waals surface area (Å²) in [5, 5.41) is 3.06. The van der Waals surface area contributed by atoms with Crippen LogP contribution in [-0.2, 0) is 0 Å². The normalized spacial score (nSPS) is 11.3. The van der Waals surface area contributed by atoms with Gasteiger partial charge in [0.1, 0.15) is 0 Å². The number of benzene rings is 2. The largest absolute Gasteiger partial charge is 0.369 e. The summed E-state index contributed by atoms with van der Waals surface area (Å²) in [7, 11) is 0. The SMILES string of the molecule is Cc1cccc(N=C(N)Nc2ccccc2)c1C. The number of nitrogens with zero attached hydrogens (tertiary/aromatic N) is 1. The van der Waals surface area contributed by atoms with E-state index in [1.165, 1.54) is 5.56 Å². The van der Waals surface area contributed by atoms with Gasteiger partial charge in [-0.15, -0.1) is 0 Å². The summed E-state index contributed by atoms with van der Waals surface area (Å²) in [6.07, 6.45) is 0. The molecule has 0 spiro atoms. The van der Waals surface area contributed by atoms with Crippen molar-refractivity contribution in [2.45, 2.75) is 13.8 Å². The molecule has 0 heterocycles. The smallest absolute Gasteiger partial charge is 0.198 e. The van der Waals surface area contributed by atoms with Crippen molar-refractivity contribution in [3.63, 3.8) is 0 Å². The van der Waals surface area contributed by atoms with Gasteiger partial charge in [-0.2, -0.15) is 0 Å².